The second-order valence-corrected chi connectivity index (χ2v) is 7.85. The third-order valence-electron chi connectivity index (χ3n) is 4.78. The standard InChI is InChI=1S/C20H25ClN2OS/c21-18-7-5-16(6-8-18)13-20(24)22-14-19(17-9-12-25-15-17)23-10-3-1-2-4-11-23/h5-9,12,15,19H,1-4,10-11,13-14H2,(H,22,24)/t19-/m0/s1. The average molecular weight is 377 g/mol. The molecule has 1 aliphatic rings. The van der Waals surface area contributed by atoms with Crippen molar-refractivity contribution in [2.24, 2.45) is 0 Å². The molecular formula is C20H25ClN2OS. The minimum atomic E-state index is 0.0670. The summed E-state index contributed by atoms with van der Waals surface area (Å²) in [5.74, 6) is 0.0670. The van der Waals surface area contributed by atoms with E-state index in [1.807, 2.05) is 24.3 Å². The Morgan fingerprint density at radius 1 is 1.12 bits per heavy atom. The number of benzene rings is 1. The quantitative estimate of drug-likeness (QED) is 0.794. The monoisotopic (exact) mass is 376 g/mol. The number of hydrogen-bond donors (Lipinski definition) is 1. The van der Waals surface area contributed by atoms with E-state index in [2.05, 4.69) is 27.0 Å². The highest BCUT2D eigenvalue weighted by molar-refractivity contribution is 7.07. The van der Waals surface area contributed by atoms with Crippen molar-refractivity contribution in [1.82, 2.24) is 10.2 Å². The Morgan fingerprint density at radius 3 is 2.48 bits per heavy atom. The van der Waals surface area contributed by atoms with Crippen LogP contribution in [0.2, 0.25) is 5.02 Å². The second kappa shape index (κ2) is 9.37. The molecule has 1 N–H and O–H groups in total. The molecule has 3 nitrogen and oxygen atoms in total. The summed E-state index contributed by atoms with van der Waals surface area (Å²) >= 11 is 7.63. The minimum absolute atomic E-state index is 0.0670. The Bertz CT molecular complexity index is 649. The molecule has 0 spiro atoms. The van der Waals surface area contributed by atoms with Crippen LogP contribution in [0.3, 0.4) is 0 Å². The highest BCUT2D eigenvalue weighted by Gasteiger charge is 2.22. The van der Waals surface area contributed by atoms with Crippen molar-refractivity contribution in [3.8, 4) is 0 Å². The molecule has 0 radical (unpaired) electrons. The maximum absolute atomic E-state index is 12.4. The molecule has 0 bridgehead atoms. The Morgan fingerprint density at radius 2 is 1.84 bits per heavy atom. The minimum Gasteiger partial charge on any atom is -0.354 e. The van der Waals surface area contributed by atoms with Crippen molar-refractivity contribution in [3.63, 3.8) is 0 Å². The van der Waals surface area contributed by atoms with Gasteiger partial charge in [-0.3, -0.25) is 9.69 Å². The van der Waals surface area contributed by atoms with Gasteiger partial charge in [0.25, 0.3) is 0 Å². The van der Waals surface area contributed by atoms with Crippen LogP contribution in [0.15, 0.2) is 41.1 Å². The van der Waals surface area contributed by atoms with E-state index in [-0.39, 0.29) is 11.9 Å². The highest BCUT2D eigenvalue weighted by atomic mass is 35.5. The lowest BCUT2D eigenvalue weighted by Crippen LogP contribution is -2.39. The summed E-state index contributed by atoms with van der Waals surface area (Å²) in [5, 5.41) is 8.17. The summed E-state index contributed by atoms with van der Waals surface area (Å²) in [6, 6.07) is 9.94. The molecule has 0 aliphatic carbocycles. The largest absolute Gasteiger partial charge is 0.354 e. The van der Waals surface area contributed by atoms with Crippen LogP contribution in [0.25, 0.3) is 0 Å². The van der Waals surface area contributed by atoms with Crippen LogP contribution >= 0.6 is 22.9 Å². The molecule has 25 heavy (non-hydrogen) atoms. The van der Waals surface area contributed by atoms with Gasteiger partial charge in [-0.05, 0) is 66.0 Å². The molecule has 0 unspecified atom stereocenters. The van der Waals surface area contributed by atoms with Gasteiger partial charge in [-0.15, -0.1) is 0 Å². The molecule has 1 aliphatic heterocycles. The van der Waals surface area contributed by atoms with Crippen molar-refractivity contribution >= 4 is 28.8 Å². The lowest BCUT2D eigenvalue weighted by Gasteiger charge is -2.30. The smallest absolute Gasteiger partial charge is 0.224 e. The van der Waals surface area contributed by atoms with E-state index in [0.717, 1.165) is 18.7 Å². The zero-order chi connectivity index (χ0) is 17.5. The molecule has 1 aromatic carbocycles. The fourth-order valence-electron chi connectivity index (χ4n) is 3.39. The Hall–Kier alpha value is -1.36. The fourth-order valence-corrected chi connectivity index (χ4v) is 4.22. The van der Waals surface area contributed by atoms with Crippen LogP contribution in [0.4, 0.5) is 0 Å². The van der Waals surface area contributed by atoms with E-state index in [1.165, 1.54) is 31.2 Å². The van der Waals surface area contributed by atoms with Crippen LogP contribution in [0, 0.1) is 0 Å². The number of thiophene rings is 1. The van der Waals surface area contributed by atoms with Gasteiger partial charge in [-0.2, -0.15) is 11.3 Å². The zero-order valence-electron chi connectivity index (χ0n) is 14.4. The molecule has 1 atom stereocenters. The molecule has 2 aromatic rings. The molecular weight excluding hydrogens is 352 g/mol. The molecule has 0 saturated carbocycles. The SMILES string of the molecule is O=C(Cc1ccc(Cl)cc1)NC[C@@H](c1ccsc1)N1CCCCCC1. The van der Waals surface area contributed by atoms with E-state index in [1.54, 1.807) is 11.3 Å². The molecule has 1 fully saturated rings. The molecule has 134 valence electrons. The van der Waals surface area contributed by atoms with Gasteiger partial charge < -0.3 is 5.32 Å². The first-order chi connectivity index (χ1) is 12.2. The fraction of sp³-hybridized carbons (Fsp3) is 0.450. The summed E-state index contributed by atoms with van der Waals surface area (Å²) in [6.07, 6.45) is 5.53. The van der Waals surface area contributed by atoms with Crippen molar-refractivity contribution in [2.75, 3.05) is 19.6 Å². The maximum Gasteiger partial charge on any atom is 0.224 e. The van der Waals surface area contributed by atoms with E-state index in [4.69, 9.17) is 11.6 Å². The number of nitrogens with one attached hydrogen (secondary N) is 1. The van der Waals surface area contributed by atoms with Crippen LogP contribution in [-0.4, -0.2) is 30.4 Å². The summed E-state index contributed by atoms with van der Waals surface area (Å²) < 4.78 is 0. The van der Waals surface area contributed by atoms with Gasteiger partial charge in [-0.25, -0.2) is 0 Å². The molecule has 3 rings (SSSR count). The lowest BCUT2D eigenvalue weighted by atomic mass is 10.1. The number of hydrogen-bond acceptors (Lipinski definition) is 3. The van der Waals surface area contributed by atoms with Crippen molar-refractivity contribution in [2.45, 2.75) is 38.1 Å². The Balaban J connectivity index is 1.60. The summed E-state index contributed by atoms with van der Waals surface area (Å²) in [6.45, 7) is 2.91. The zero-order valence-corrected chi connectivity index (χ0v) is 16.0. The predicted octanol–water partition coefficient (Wildman–Crippen LogP) is 4.68. The Labute approximate surface area is 159 Å². The van der Waals surface area contributed by atoms with Gasteiger partial charge in [0.1, 0.15) is 0 Å². The topological polar surface area (TPSA) is 32.3 Å². The number of amides is 1. The van der Waals surface area contributed by atoms with Gasteiger partial charge in [0, 0.05) is 11.6 Å². The van der Waals surface area contributed by atoms with E-state index >= 15 is 0 Å². The van der Waals surface area contributed by atoms with Crippen LogP contribution in [0.1, 0.15) is 42.9 Å². The highest BCUT2D eigenvalue weighted by Crippen LogP contribution is 2.25. The van der Waals surface area contributed by atoms with Crippen LogP contribution in [0.5, 0.6) is 0 Å². The van der Waals surface area contributed by atoms with Crippen LogP contribution < -0.4 is 5.32 Å². The normalized spacial score (nSPS) is 17.0. The average Bonchev–Trinajstić information content (AvgIpc) is 3.00. The predicted molar refractivity (Wildman–Crippen MR) is 105 cm³/mol. The first kappa shape index (κ1) is 18.4. The van der Waals surface area contributed by atoms with Crippen molar-refractivity contribution < 1.29 is 4.79 Å². The summed E-state index contributed by atoms with van der Waals surface area (Å²) in [7, 11) is 0. The number of rotatable bonds is 6. The second-order valence-electron chi connectivity index (χ2n) is 6.63. The third kappa shape index (κ3) is 5.56. The van der Waals surface area contributed by atoms with Crippen LogP contribution in [-0.2, 0) is 11.2 Å². The number of nitrogens with zero attached hydrogens (tertiary/aromatic N) is 1. The van der Waals surface area contributed by atoms with Crippen molar-refractivity contribution in [3.05, 3.63) is 57.2 Å². The van der Waals surface area contributed by atoms with E-state index in [0.29, 0.717) is 18.0 Å². The number of likely N-dealkylation sites (tertiary alicyclic amines) is 1. The van der Waals surface area contributed by atoms with E-state index in [9.17, 15) is 4.79 Å². The van der Waals surface area contributed by atoms with Gasteiger partial charge in [0.05, 0.1) is 12.5 Å². The lowest BCUT2D eigenvalue weighted by molar-refractivity contribution is -0.120. The molecule has 2 heterocycles. The van der Waals surface area contributed by atoms with Gasteiger partial charge in [0.2, 0.25) is 5.91 Å². The number of carbonyl (C=O) groups is 1. The first-order valence-corrected chi connectivity index (χ1v) is 10.3. The molecule has 5 heteroatoms. The summed E-state index contributed by atoms with van der Waals surface area (Å²) in [5.41, 5.74) is 2.31. The first-order valence-electron chi connectivity index (χ1n) is 8.99. The van der Waals surface area contributed by atoms with Crippen molar-refractivity contribution in [1.29, 1.82) is 0 Å². The van der Waals surface area contributed by atoms with Gasteiger partial charge in [0.15, 0.2) is 0 Å². The molecule has 1 amide bonds. The Kier molecular flexibility index (Phi) is 6.91. The number of carbonyl (C=O) groups excluding carboxylic acids is 1. The van der Waals surface area contributed by atoms with E-state index < -0.39 is 0 Å². The van der Waals surface area contributed by atoms with Gasteiger partial charge >= 0.3 is 0 Å². The third-order valence-corrected chi connectivity index (χ3v) is 5.73. The molecule has 1 aromatic heterocycles. The molecule has 1 saturated heterocycles. The number of halogens is 1. The summed E-state index contributed by atoms with van der Waals surface area (Å²) in [4.78, 5) is 14.9. The van der Waals surface area contributed by atoms with Gasteiger partial charge in [-0.1, -0.05) is 36.6 Å². The maximum atomic E-state index is 12.4.